The SMILES string of the molecule is COC(=O)c1cnc(-c2cccc(F)c2)nc1C1NCCc2ccccc21. The van der Waals surface area contributed by atoms with E-state index in [0.717, 1.165) is 18.5 Å². The van der Waals surface area contributed by atoms with E-state index in [9.17, 15) is 9.18 Å². The predicted molar refractivity (Wildman–Crippen MR) is 98.8 cm³/mol. The van der Waals surface area contributed by atoms with Gasteiger partial charge in [-0.05, 0) is 29.7 Å². The van der Waals surface area contributed by atoms with Crippen LogP contribution in [0, 0.1) is 5.82 Å². The van der Waals surface area contributed by atoms with Crippen molar-refractivity contribution in [3.05, 3.63) is 82.9 Å². The Morgan fingerprint density at radius 3 is 2.89 bits per heavy atom. The molecule has 1 aromatic heterocycles. The number of fused-ring (bicyclic) bond motifs is 1. The molecule has 2 heterocycles. The number of halogens is 1. The molecule has 3 aromatic rings. The smallest absolute Gasteiger partial charge is 0.341 e. The molecule has 1 N–H and O–H groups in total. The summed E-state index contributed by atoms with van der Waals surface area (Å²) in [6.45, 7) is 0.765. The largest absolute Gasteiger partial charge is 0.465 e. The second-order valence-electron chi connectivity index (χ2n) is 6.33. The number of rotatable bonds is 3. The lowest BCUT2D eigenvalue weighted by molar-refractivity contribution is 0.0597. The molecule has 0 saturated carbocycles. The molecule has 5 nitrogen and oxygen atoms in total. The Bertz CT molecular complexity index is 1010. The fourth-order valence-corrected chi connectivity index (χ4v) is 3.40. The van der Waals surface area contributed by atoms with E-state index in [2.05, 4.69) is 21.4 Å². The Labute approximate surface area is 156 Å². The van der Waals surface area contributed by atoms with E-state index in [0.29, 0.717) is 22.6 Å². The lowest BCUT2D eigenvalue weighted by atomic mass is 9.91. The summed E-state index contributed by atoms with van der Waals surface area (Å²) in [5.74, 6) is -0.501. The van der Waals surface area contributed by atoms with Crippen LogP contribution in [0.25, 0.3) is 11.4 Å². The maximum atomic E-state index is 13.6. The minimum atomic E-state index is -0.499. The van der Waals surface area contributed by atoms with Crippen LogP contribution >= 0.6 is 0 Å². The first kappa shape index (κ1) is 17.3. The average molecular weight is 363 g/mol. The molecule has 0 saturated heterocycles. The molecule has 27 heavy (non-hydrogen) atoms. The highest BCUT2D eigenvalue weighted by Gasteiger charge is 2.28. The van der Waals surface area contributed by atoms with Crippen molar-refractivity contribution in [2.24, 2.45) is 0 Å². The monoisotopic (exact) mass is 363 g/mol. The maximum Gasteiger partial charge on any atom is 0.341 e. The Morgan fingerprint density at radius 1 is 1.22 bits per heavy atom. The number of aromatic nitrogens is 2. The molecule has 0 aliphatic carbocycles. The molecule has 0 spiro atoms. The van der Waals surface area contributed by atoms with E-state index in [-0.39, 0.29) is 11.9 Å². The highest BCUT2D eigenvalue weighted by molar-refractivity contribution is 5.90. The topological polar surface area (TPSA) is 64.1 Å². The molecule has 1 atom stereocenters. The van der Waals surface area contributed by atoms with E-state index in [1.54, 1.807) is 12.1 Å². The van der Waals surface area contributed by atoms with Crippen LogP contribution < -0.4 is 5.32 Å². The predicted octanol–water partition coefficient (Wildman–Crippen LogP) is 3.30. The molecule has 0 amide bonds. The van der Waals surface area contributed by atoms with Crippen LogP contribution in [0.1, 0.15) is 33.2 Å². The third kappa shape index (κ3) is 3.31. The Balaban J connectivity index is 1.87. The van der Waals surface area contributed by atoms with E-state index in [4.69, 9.17) is 4.74 Å². The summed E-state index contributed by atoms with van der Waals surface area (Å²) in [7, 11) is 1.33. The van der Waals surface area contributed by atoms with Crippen molar-refractivity contribution in [2.75, 3.05) is 13.7 Å². The second-order valence-corrected chi connectivity index (χ2v) is 6.33. The van der Waals surface area contributed by atoms with Gasteiger partial charge in [0.15, 0.2) is 5.82 Å². The number of hydrogen-bond acceptors (Lipinski definition) is 5. The standard InChI is InChI=1S/C21H18FN3O2/c1-27-21(26)17-12-24-20(14-6-4-7-15(22)11-14)25-19(17)18-16-8-3-2-5-13(16)9-10-23-18/h2-8,11-12,18,23H,9-10H2,1H3. The van der Waals surface area contributed by atoms with Crippen LogP contribution in [0.4, 0.5) is 4.39 Å². The zero-order chi connectivity index (χ0) is 18.8. The van der Waals surface area contributed by atoms with Gasteiger partial charge in [0.25, 0.3) is 0 Å². The summed E-state index contributed by atoms with van der Waals surface area (Å²) in [5, 5.41) is 3.43. The average Bonchev–Trinajstić information content (AvgIpc) is 2.72. The van der Waals surface area contributed by atoms with Crippen molar-refractivity contribution in [3.63, 3.8) is 0 Å². The van der Waals surface area contributed by atoms with Gasteiger partial charge in [-0.15, -0.1) is 0 Å². The summed E-state index contributed by atoms with van der Waals surface area (Å²) >= 11 is 0. The molecular weight excluding hydrogens is 345 g/mol. The molecule has 1 aliphatic heterocycles. The minimum Gasteiger partial charge on any atom is -0.465 e. The lowest BCUT2D eigenvalue weighted by Gasteiger charge is -2.27. The van der Waals surface area contributed by atoms with Gasteiger partial charge < -0.3 is 10.1 Å². The second kappa shape index (κ2) is 7.25. The van der Waals surface area contributed by atoms with E-state index in [1.807, 2.05) is 18.2 Å². The molecule has 2 aromatic carbocycles. The number of hydrogen-bond donors (Lipinski definition) is 1. The van der Waals surface area contributed by atoms with Crippen LogP contribution in [0.5, 0.6) is 0 Å². The summed E-state index contributed by atoms with van der Waals surface area (Å²) in [6.07, 6.45) is 2.36. The minimum absolute atomic E-state index is 0.264. The van der Waals surface area contributed by atoms with Crippen LogP contribution in [0.2, 0.25) is 0 Å². The molecule has 0 fully saturated rings. The van der Waals surface area contributed by atoms with Gasteiger partial charge in [-0.3, -0.25) is 0 Å². The van der Waals surface area contributed by atoms with E-state index < -0.39 is 5.97 Å². The molecule has 0 bridgehead atoms. The number of esters is 1. The zero-order valence-electron chi connectivity index (χ0n) is 14.8. The van der Waals surface area contributed by atoms with Gasteiger partial charge in [-0.1, -0.05) is 36.4 Å². The summed E-state index contributed by atoms with van der Waals surface area (Å²) < 4.78 is 18.5. The van der Waals surface area contributed by atoms with Crippen molar-refractivity contribution in [1.82, 2.24) is 15.3 Å². The number of carbonyl (C=O) groups excluding carboxylic acids is 1. The molecule has 1 unspecified atom stereocenters. The quantitative estimate of drug-likeness (QED) is 0.724. The third-order valence-corrected chi connectivity index (χ3v) is 4.69. The van der Waals surface area contributed by atoms with Gasteiger partial charge in [-0.25, -0.2) is 19.2 Å². The van der Waals surface area contributed by atoms with E-state index in [1.165, 1.54) is 31.0 Å². The van der Waals surface area contributed by atoms with Crippen LogP contribution in [-0.4, -0.2) is 29.6 Å². The molecule has 136 valence electrons. The number of benzene rings is 2. The van der Waals surface area contributed by atoms with Gasteiger partial charge in [0, 0.05) is 18.3 Å². The fraction of sp³-hybridized carbons (Fsp3) is 0.190. The van der Waals surface area contributed by atoms with Crippen LogP contribution in [-0.2, 0) is 11.2 Å². The summed E-state index contributed by atoms with van der Waals surface area (Å²) in [6, 6.07) is 13.9. The highest BCUT2D eigenvalue weighted by Crippen LogP contribution is 2.31. The van der Waals surface area contributed by atoms with Crippen molar-refractivity contribution in [3.8, 4) is 11.4 Å². The third-order valence-electron chi connectivity index (χ3n) is 4.69. The first-order valence-corrected chi connectivity index (χ1v) is 8.70. The van der Waals surface area contributed by atoms with E-state index >= 15 is 0 Å². The van der Waals surface area contributed by atoms with Gasteiger partial charge >= 0.3 is 5.97 Å². The van der Waals surface area contributed by atoms with Gasteiger partial charge in [0.05, 0.1) is 18.8 Å². The zero-order valence-corrected chi connectivity index (χ0v) is 14.8. The van der Waals surface area contributed by atoms with Crippen LogP contribution in [0.3, 0.4) is 0 Å². The molecule has 1 aliphatic rings. The Kier molecular flexibility index (Phi) is 4.64. The van der Waals surface area contributed by atoms with Gasteiger partial charge in [0.1, 0.15) is 11.4 Å². The van der Waals surface area contributed by atoms with Crippen molar-refractivity contribution in [2.45, 2.75) is 12.5 Å². The fourth-order valence-electron chi connectivity index (χ4n) is 3.40. The molecule has 4 rings (SSSR count). The lowest BCUT2D eigenvalue weighted by Crippen LogP contribution is -2.32. The van der Waals surface area contributed by atoms with Crippen LogP contribution in [0.15, 0.2) is 54.7 Å². The number of methoxy groups -OCH3 is 1. The number of carbonyl (C=O) groups is 1. The first-order chi connectivity index (χ1) is 13.2. The molecular formula is C21H18FN3O2. The van der Waals surface area contributed by atoms with Crippen molar-refractivity contribution >= 4 is 5.97 Å². The van der Waals surface area contributed by atoms with Gasteiger partial charge in [0.2, 0.25) is 0 Å². The van der Waals surface area contributed by atoms with Crippen molar-refractivity contribution < 1.29 is 13.9 Å². The Hall–Kier alpha value is -3.12. The normalized spacial score (nSPS) is 15.9. The first-order valence-electron chi connectivity index (χ1n) is 8.70. The molecule has 6 heteroatoms. The summed E-state index contributed by atoms with van der Waals surface area (Å²) in [5.41, 5.74) is 3.66. The van der Waals surface area contributed by atoms with Gasteiger partial charge in [-0.2, -0.15) is 0 Å². The number of ether oxygens (including phenoxy) is 1. The maximum absolute atomic E-state index is 13.6. The highest BCUT2D eigenvalue weighted by atomic mass is 19.1. The molecule has 0 radical (unpaired) electrons. The Morgan fingerprint density at radius 2 is 2.07 bits per heavy atom. The number of nitrogens with one attached hydrogen (secondary N) is 1. The number of nitrogens with zero attached hydrogens (tertiary/aromatic N) is 2. The summed E-state index contributed by atoms with van der Waals surface area (Å²) in [4.78, 5) is 21.2. The van der Waals surface area contributed by atoms with Crippen molar-refractivity contribution in [1.29, 1.82) is 0 Å².